The second kappa shape index (κ2) is 9.39. The number of amides is 1. The quantitative estimate of drug-likeness (QED) is 0.600. The Hall–Kier alpha value is -3.06. The maximum absolute atomic E-state index is 13.9. The van der Waals surface area contributed by atoms with E-state index in [4.69, 9.17) is 4.52 Å². The van der Waals surface area contributed by atoms with Crippen molar-refractivity contribution in [1.29, 1.82) is 0 Å². The molecule has 0 N–H and O–H groups in total. The number of benzene rings is 2. The van der Waals surface area contributed by atoms with E-state index in [1.807, 2.05) is 43.3 Å². The molecule has 31 heavy (non-hydrogen) atoms. The summed E-state index contributed by atoms with van der Waals surface area (Å²) in [4.78, 5) is 21.2. The van der Waals surface area contributed by atoms with Crippen LogP contribution in [0.1, 0.15) is 29.9 Å². The molecule has 0 spiro atoms. The minimum absolute atomic E-state index is 0.0404. The van der Waals surface area contributed by atoms with Crippen molar-refractivity contribution in [2.45, 2.75) is 32.9 Å². The zero-order valence-electron chi connectivity index (χ0n) is 17.9. The number of aryl methyl sites for hydroxylation is 1. The number of aromatic nitrogens is 2. The molecule has 1 aromatic heterocycles. The Morgan fingerprint density at radius 1 is 1.16 bits per heavy atom. The van der Waals surface area contributed by atoms with E-state index in [9.17, 15) is 9.18 Å². The predicted octanol–water partition coefficient (Wildman–Crippen LogP) is 4.05. The third-order valence-corrected chi connectivity index (χ3v) is 5.82. The lowest BCUT2D eigenvalue weighted by Gasteiger charge is -2.33. The van der Waals surface area contributed by atoms with Gasteiger partial charge in [0.1, 0.15) is 5.82 Å². The van der Waals surface area contributed by atoms with Gasteiger partial charge in [-0.3, -0.25) is 9.69 Å². The largest absolute Gasteiger partial charge is 0.337 e. The average molecular weight is 423 g/mol. The summed E-state index contributed by atoms with van der Waals surface area (Å²) in [5.41, 5.74) is 2.75. The molecule has 7 heteroatoms. The molecule has 162 valence electrons. The first-order valence-electron chi connectivity index (χ1n) is 10.6. The van der Waals surface area contributed by atoms with Gasteiger partial charge in [0, 0.05) is 30.6 Å². The van der Waals surface area contributed by atoms with Gasteiger partial charge in [0.25, 0.3) is 0 Å². The van der Waals surface area contributed by atoms with Crippen LogP contribution >= 0.6 is 0 Å². The van der Waals surface area contributed by atoms with Gasteiger partial charge in [-0.15, -0.1) is 0 Å². The van der Waals surface area contributed by atoms with Gasteiger partial charge in [0.15, 0.2) is 0 Å². The topological polar surface area (TPSA) is 62.5 Å². The first-order valence-corrected chi connectivity index (χ1v) is 10.6. The SMILES string of the molecule is Cc1ccc(-c2noc(CN(C)C(=O)C3CCN(Cc4ccccc4F)CC3)n2)cc1. The van der Waals surface area contributed by atoms with Gasteiger partial charge in [-0.05, 0) is 38.9 Å². The Labute approximate surface area is 181 Å². The first kappa shape index (κ1) is 21.2. The number of likely N-dealkylation sites (tertiary alicyclic amines) is 1. The van der Waals surface area contributed by atoms with Crippen molar-refractivity contribution < 1.29 is 13.7 Å². The molecule has 1 saturated heterocycles. The number of nitrogens with zero attached hydrogens (tertiary/aromatic N) is 4. The van der Waals surface area contributed by atoms with Gasteiger partial charge >= 0.3 is 0 Å². The highest BCUT2D eigenvalue weighted by atomic mass is 19.1. The van der Waals surface area contributed by atoms with Crippen LogP contribution in [0.5, 0.6) is 0 Å². The summed E-state index contributed by atoms with van der Waals surface area (Å²) in [6, 6.07) is 14.8. The molecule has 1 amide bonds. The van der Waals surface area contributed by atoms with E-state index in [-0.39, 0.29) is 24.2 Å². The van der Waals surface area contributed by atoms with Crippen LogP contribution < -0.4 is 0 Å². The summed E-state index contributed by atoms with van der Waals surface area (Å²) >= 11 is 0. The Bertz CT molecular complexity index is 1030. The minimum atomic E-state index is -0.176. The van der Waals surface area contributed by atoms with E-state index in [0.29, 0.717) is 23.8 Å². The number of carbonyl (C=O) groups excluding carboxylic acids is 1. The van der Waals surface area contributed by atoms with E-state index >= 15 is 0 Å². The van der Waals surface area contributed by atoms with Crippen LogP contribution in [0.15, 0.2) is 53.1 Å². The van der Waals surface area contributed by atoms with E-state index in [2.05, 4.69) is 15.0 Å². The third kappa shape index (κ3) is 5.17. The van der Waals surface area contributed by atoms with Crippen LogP contribution in [0.4, 0.5) is 4.39 Å². The zero-order chi connectivity index (χ0) is 21.8. The van der Waals surface area contributed by atoms with Crippen LogP contribution in [-0.2, 0) is 17.9 Å². The van der Waals surface area contributed by atoms with E-state index in [1.54, 1.807) is 18.0 Å². The van der Waals surface area contributed by atoms with Crippen LogP contribution in [0.25, 0.3) is 11.4 Å². The maximum Gasteiger partial charge on any atom is 0.246 e. The first-order chi connectivity index (χ1) is 15.0. The fourth-order valence-corrected chi connectivity index (χ4v) is 3.94. The Kier molecular flexibility index (Phi) is 6.42. The van der Waals surface area contributed by atoms with Gasteiger partial charge in [0.05, 0.1) is 6.54 Å². The highest BCUT2D eigenvalue weighted by Gasteiger charge is 2.28. The summed E-state index contributed by atoms with van der Waals surface area (Å²) in [6.45, 7) is 4.43. The molecule has 0 radical (unpaired) electrons. The summed E-state index contributed by atoms with van der Waals surface area (Å²) in [6.07, 6.45) is 1.52. The lowest BCUT2D eigenvalue weighted by molar-refractivity contribution is -0.136. The number of rotatable bonds is 6. The van der Waals surface area contributed by atoms with Crippen molar-refractivity contribution in [3.8, 4) is 11.4 Å². The van der Waals surface area contributed by atoms with Crippen LogP contribution in [0.2, 0.25) is 0 Å². The number of carbonyl (C=O) groups is 1. The second-order valence-electron chi connectivity index (χ2n) is 8.21. The molecular weight excluding hydrogens is 395 g/mol. The van der Waals surface area contributed by atoms with Crippen molar-refractivity contribution in [2.75, 3.05) is 20.1 Å². The highest BCUT2D eigenvalue weighted by Crippen LogP contribution is 2.23. The van der Waals surface area contributed by atoms with Crippen molar-refractivity contribution in [3.63, 3.8) is 0 Å². The molecule has 0 aliphatic carbocycles. The number of hydrogen-bond acceptors (Lipinski definition) is 5. The predicted molar refractivity (Wildman–Crippen MR) is 115 cm³/mol. The lowest BCUT2D eigenvalue weighted by atomic mass is 9.95. The van der Waals surface area contributed by atoms with Crippen molar-refractivity contribution >= 4 is 5.91 Å². The molecule has 6 nitrogen and oxygen atoms in total. The maximum atomic E-state index is 13.9. The third-order valence-electron chi connectivity index (χ3n) is 5.82. The van der Waals surface area contributed by atoms with Gasteiger partial charge in [0.2, 0.25) is 17.6 Å². The Morgan fingerprint density at radius 3 is 2.58 bits per heavy atom. The molecule has 0 bridgehead atoms. The van der Waals surface area contributed by atoms with Crippen LogP contribution in [-0.4, -0.2) is 46.0 Å². The summed E-state index contributed by atoms with van der Waals surface area (Å²) in [5.74, 6) is 0.813. The second-order valence-corrected chi connectivity index (χ2v) is 8.21. The van der Waals surface area contributed by atoms with Crippen LogP contribution in [0.3, 0.4) is 0 Å². The molecule has 1 aliphatic heterocycles. The standard InChI is InChI=1S/C24H27FN4O2/c1-17-7-9-18(10-8-17)23-26-22(31-27-23)16-28(2)24(30)19-11-13-29(14-12-19)15-20-5-3-4-6-21(20)25/h3-10,19H,11-16H2,1-2H3. The molecule has 0 atom stereocenters. The van der Waals surface area contributed by atoms with E-state index in [0.717, 1.165) is 37.1 Å². The summed E-state index contributed by atoms with van der Waals surface area (Å²) in [5, 5.41) is 4.04. The molecule has 1 fully saturated rings. The molecule has 4 rings (SSSR count). The fraction of sp³-hybridized carbons (Fsp3) is 0.375. The summed E-state index contributed by atoms with van der Waals surface area (Å²) in [7, 11) is 1.77. The molecule has 1 aliphatic rings. The fourth-order valence-electron chi connectivity index (χ4n) is 3.94. The van der Waals surface area contributed by atoms with Gasteiger partial charge in [-0.25, -0.2) is 4.39 Å². The Balaban J connectivity index is 1.29. The monoisotopic (exact) mass is 422 g/mol. The average Bonchev–Trinajstić information content (AvgIpc) is 3.24. The number of hydrogen-bond donors (Lipinski definition) is 0. The molecule has 0 saturated carbocycles. The zero-order valence-corrected chi connectivity index (χ0v) is 17.9. The molecular formula is C24H27FN4O2. The molecule has 3 aromatic rings. The van der Waals surface area contributed by atoms with Gasteiger partial charge in [-0.2, -0.15) is 4.98 Å². The number of piperidine rings is 1. The summed E-state index contributed by atoms with van der Waals surface area (Å²) < 4.78 is 19.2. The van der Waals surface area contributed by atoms with E-state index < -0.39 is 0 Å². The lowest BCUT2D eigenvalue weighted by Crippen LogP contribution is -2.40. The smallest absolute Gasteiger partial charge is 0.246 e. The molecule has 2 heterocycles. The van der Waals surface area contributed by atoms with Crippen molar-refractivity contribution in [1.82, 2.24) is 19.9 Å². The van der Waals surface area contributed by atoms with Crippen molar-refractivity contribution in [2.24, 2.45) is 5.92 Å². The molecule has 2 aromatic carbocycles. The normalized spacial score (nSPS) is 15.2. The van der Waals surface area contributed by atoms with Gasteiger partial charge < -0.3 is 9.42 Å². The Morgan fingerprint density at radius 2 is 1.87 bits per heavy atom. The van der Waals surface area contributed by atoms with Crippen molar-refractivity contribution in [3.05, 3.63) is 71.4 Å². The van der Waals surface area contributed by atoms with E-state index in [1.165, 1.54) is 6.07 Å². The van der Waals surface area contributed by atoms with Gasteiger partial charge in [-0.1, -0.05) is 53.2 Å². The molecule has 0 unspecified atom stereocenters. The number of halogens is 1. The highest BCUT2D eigenvalue weighted by molar-refractivity contribution is 5.78. The van der Waals surface area contributed by atoms with Crippen LogP contribution in [0, 0.1) is 18.7 Å². The minimum Gasteiger partial charge on any atom is -0.337 e.